The molecule has 1 rings (SSSR count). The molecule has 0 aliphatic rings. The van der Waals surface area contributed by atoms with Gasteiger partial charge in [-0.1, -0.05) is 6.07 Å². The zero-order chi connectivity index (χ0) is 5.98. The van der Waals surface area contributed by atoms with Gasteiger partial charge < -0.3 is 4.98 Å². The van der Waals surface area contributed by atoms with Gasteiger partial charge in [-0.05, 0) is 13.0 Å². The van der Waals surface area contributed by atoms with Gasteiger partial charge in [0.25, 0.3) is 5.56 Å². The number of rotatable bonds is 0. The van der Waals surface area contributed by atoms with Crippen LogP contribution in [0.1, 0.15) is 5.56 Å². The van der Waals surface area contributed by atoms with E-state index >= 15 is 0 Å². The molecule has 43 valence electrons. The number of H-pyrrole nitrogens is 1. The summed E-state index contributed by atoms with van der Waals surface area (Å²) in [5.41, 5.74) is 0.750. The van der Waals surface area contributed by atoms with Gasteiger partial charge in [0.05, 0.1) is 0 Å². The van der Waals surface area contributed by atoms with Gasteiger partial charge in [0.1, 0.15) is 0 Å². The molecule has 0 unspecified atom stereocenters. The third-order valence-corrected chi connectivity index (χ3v) is 1.02. The topological polar surface area (TPSA) is 32.9 Å². The molecule has 0 saturated carbocycles. The van der Waals surface area contributed by atoms with Gasteiger partial charge in [-0.3, -0.25) is 4.79 Å². The molecule has 2 nitrogen and oxygen atoms in total. The van der Waals surface area contributed by atoms with Crippen molar-refractivity contribution >= 4 is 29.6 Å². The number of aromatic nitrogens is 1. The van der Waals surface area contributed by atoms with E-state index in [1.807, 2.05) is 0 Å². The molecular formula is C6H7NNaO. The quantitative estimate of drug-likeness (QED) is 0.506. The van der Waals surface area contributed by atoms with Crippen molar-refractivity contribution in [2.24, 2.45) is 0 Å². The van der Waals surface area contributed by atoms with Crippen molar-refractivity contribution in [1.82, 2.24) is 4.98 Å². The fourth-order valence-corrected chi connectivity index (χ4v) is 0.506. The largest absolute Gasteiger partial charge is 0.329 e. The zero-order valence-corrected chi connectivity index (χ0v) is 7.64. The minimum atomic E-state index is -0.00694. The van der Waals surface area contributed by atoms with Crippen molar-refractivity contribution in [1.29, 1.82) is 0 Å². The molecule has 0 atom stereocenters. The second kappa shape index (κ2) is 3.88. The molecule has 0 aliphatic heterocycles. The van der Waals surface area contributed by atoms with E-state index in [1.54, 1.807) is 25.3 Å². The number of aryl methyl sites for hydroxylation is 1. The maximum Gasteiger partial charge on any atom is 0.250 e. The molecule has 0 aromatic carbocycles. The Morgan fingerprint density at radius 2 is 2.22 bits per heavy atom. The summed E-state index contributed by atoms with van der Waals surface area (Å²) in [7, 11) is 0. The summed E-state index contributed by atoms with van der Waals surface area (Å²) in [6.07, 6.45) is 1.62. The molecule has 1 heterocycles. The van der Waals surface area contributed by atoms with Crippen molar-refractivity contribution in [2.45, 2.75) is 6.92 Å². The molecule has 1 aromatic rings. The van der Waals surface area contributed by atoms with E-state index < -0.39 is 0 Å². The number of hydrogen-bond donors (Lipinski definition) is 1. The smallest absolute Gasteiger partial charge is 0.250 e. The second-order valence-electron chi connectivity index (χ2n) is 1.68. The van der Waals surface area contributed by atoms with Crippen LogP contribution < -0.4 is 5.56 Å². The van der Waals surface area contributed by atoms with E-state index in [0.717, 1.165) is 5.56 Å². The number of aromatic amines is 1. The second-order valence-corrected chi connectivity index (χ2v) is 1.68. The summed E-state index contributed by atoms with van der Waals surface area (Å²) < 4.78 is 0. The van der Waals surface area contributed by atoms with Crippen LogP contribution in [0.25, 0.3) is 0 Å². The summed E-state index contributed by atoms with van der Waals surface area (Å²) >= 11 is 0. The van der Waals surface area contributed by atoms with Gasteiger partial charge in [-0.15, -0.1) is 0 Å². The molecule has 9 heavy (non-hydrogen) atoms. The van der Waals surface area contributed by atoms with Gasteiger partial charge in [-0.2, -0.15) is 0 Å². The predicted molar refractivity (Wildman–Crippen MR) is 37.6 cm³/mol. The number of nitrogens with one attached hydrogen (secondary N) is 1. The first kappa shape index (κ1) is 8.95. The van der Waals surface area contributed by atoms with Crippen molar-refractivity contribution in [2.75, 3.05) is 0 Å². The third-order valence-electron chi connectivity index (χ3n) is 1.02. The minimum Gasteiger partial charge on any atom is -0.329 e. The SMILES string of the molecule is Cc1ccc[nH]c1=O.[Na]. The van der Waals surface area contributed by atoms with Crippen LogP contribution >= 0.6 is 0 Å². The summed E-state index contributed by atoms with van der Waals surface area (Å²) in [5, 5.41) is 0. The normalized spacial score (nSPS) is 8.11. The van der Waals surface area contributed by atoms with Crippen LogP contribution in [0.3, 0.4) is 0 Å². The van der Waals surface area contributed by atoms with E-state index in [1.165, 1.54) is 0 Å². The zero-order valence-electron chi connectivity index (χ0n) is 5.64. The third kappa shape index (κ3) is 2.35. The Morgan fingerprint density at radius 3 is 2.56 bits per heavy atom. The molecule has 0 spiro atoms. The molecule has 0 saturated heterocycles. The average Bonchev–Trinajstić information content (AvgIpc) is 1.77. The fraction of sp³-hybridized carbons (Fsp3) is 0.167. The van der Waals surface area contributed by atoms with Gasteiger partial charge in [0.2, 0.25) is 0 Å². The van der Waals surface area contributed by atoms with Crippen molar-refractivity contribution in [3.63, 3.8) is 0 Å². The van der Waals surface area contributed by atoms with Crippen LogP contribution in [0.4, 0.5) is 0 Å². The molecule has 1 N–H and O–H groups in total. The summed E-state index contributed by atoms with van der Waals surface area (Å²) in [6.45, 7) is 1.78. The van der Waals surface area contributed by atoms with Crippen LogP contribution in [0.5, 0.6) is 0 Å². The first-order valence-corrected chi connectivity index (χ1v) is 2.45. The number of hydrogen-bond acceptors (Lipinski definition) is 1. The molecular weight excluding hydrogens is 125 g/mol. The molecule has 3 heteroatoms. The first-order chi connectivity index (χ1) is 3.80. The molecule has 0 amide bonds. The Labute approximate surface area is 75.6 Å². The van der Waals surface area contributed by atoms with Gasteiger partial charge in [0.15, 0.2) is 0 Å². The van der Waals surface area contributed by atoms with E-state index in [9.17, 15) is 4.79 Å². The van der Waals surface area contributed by atoms with Crippen molar-refractivity contribution in [3.8, 4) is 0 Å². The predicted octanol–water partition coefficient (Wildman–Crippen LogP) is 0.303. The maximum absolute atomic E-state index is 10.6. The van der Waals surface area contributed by atoms with Crippen LogP contribution in [-0.4, -0.2) is 34.5 Å². The number of pyridine rings is 1. The molecule has 1 radical (unpaired) electrons. The van der Waals surface area contributed by atoms with Crippen molar-refractivity contribution in [3.05, 3.63) is 34.2 Å². The van der Waals surface area contributed by atoms with Crippen LogP contribution in [-0.2, 0) is 0 Å². The Hall–Kier alpha value is -0.0500. The van der Waals surface area contributed by atoms with E-state index in [-0.39, 0.29) is 35.1 Å². The summed E-state index contributed by atoms with van der Waals surface area (Å²) in [5.74, 6) is 0. The van der Waals surface area contributed by atoms with E-state index in [4.69, 9.17) is 0 Å². The Balaban J connectivity index is 0.000000640. The van der Waals surface area contributed by atoms with E-state index in [0.29, 0.717) is 0 Å². The minimum absolute atomic E-state index is 0. The average molecular weight is 132 g/mol. The molecule has 1 aromatic heterocycles. The standard InChI is InChI=1S/C6H7NO.Na/c1-5-3-2-4-7-6(5)8;/h2-4H,1H3,(H,7,8);. The molecule has 0 bridgehead atoms. The van der Waals surface area contributed by atoms with Crippen LogP contribution in [0.2, 0.25) is 0 Å². The first-order valence-electron chi connectivity index (χ1n) is 2.45. The van der Waals surface area contributed by atoms with Gasteiger partial charge in [0, 0.05) is 41.3 Å². The Bertz CT molecular complexity index is 230. The Morgan fingerprint density at radius 1 is 1.56 bits per heavy atom. The van der Waals surface area contributed by atoms with E-state index in [2.05, 4.69) is 4.98 Å². The summed E-state index contributed by atoms with van der Waals surface area (Å²) in [6, 6.07) is 3.58. The Kier molecular flexibility index (Phi) is 3.86. The van der Waals surface area contributed by atoms with Crippen LogP contribution in [0, 0.1) is 6.92 Å². The summed E-state index contributed by atoms with van der Waals surface area (Å²) in [4.78, 5) is 13.1. The van der Waals surface area contributed by atoms with Crippen molar-refractivity contribution < 1.29 is 0 Å². The van der Waals surface area contributed by atoms with Gasteiger partial charge >= 0.3 is 0 Å². The molecule has 0 fully saturated rings. The molecule has 0 aliphatic carbocycles. The van der Waals surface area contributed by atoms with Crippen LogP contribution in [0.15, 0.2) is 23.1 Å². The van der Waals surface area contributed by atoms with Gasteiger partial charge in [-0.25, -0.2) is 0 Å². The maximum atomic E-state index is 10.6. The monoisotopic (exact) mass is 132 g/mol. The fourth-order valence-electron chi connectivity index (χ4n) is 0.506.